The molecule has 6 heteroatoms. The van der Waals surface area contributed by atoms with Crippen molar-refractivity contribution in [2.45, 2.75) is 44.3 Å². The number of halogens is 1. The van der Waals surface area contributed by atoms with Crippen LogP contribution in [0.5, 0.6) is 0 Å². The fourth-order valence-corrected chi connectivity index (χ4v) is 4.27. The van der Waals surface area contributed by atoms with Crippen LogP contribution < -0.4 is 10.6 Å². The van der Waals surface area contributed by atoms with E-state index in [-0.39, 0.29) is 11.4 Å². The SMILES string of the molecule is Fc1ccccc1CNc1c2c(nc3ccnn13)C1(CCCC1)NC2. The van der Waals surface area contributed by atoms with E-state index < -0.39 is 0 Å². The summed E-state index contributed by atoms with van der Waals surface area (Å²) in [5, 5.41) is 11.5. The predicted molar refractivity (Wildman–Crippen MR) is 93.7 cm³/mol. The Kier molecular flexibility index (Phi) is 3.28. The lowest BCUT2D eigenvalue weighted by atomic mass is 9.94. The van der Waals surface area contributed by atoms with Crippen molar-refractivity contribution >= 4 is 11.5 Å². The van der Waals surface area contributed by atoms with Crippen LogP contribution in [0.1, 0.15) is 42.5 Å². The molecule has 0 amide bonds. The van der Waals surface area contributed by atoms with Crippen molar-refractivity contribution in [2.24, 2.45) is 0 Å². The maximum atomic E-state index is 14.0. The number of nitrogens with one attached hydrogen (secondary N) is 2. The smallest absolute Gasteiger partial charge is 0.157 e. The van der Waals surface area contributed by atoms with Crippen LogP contribution in [-0.2, 0) is 18.6 Å². The predicted octanol–water partition coefficient (Wildman–Crippen LogP) is 3.35. The van der Waals surface area contributed by atoms with Gasteiger partial charge in [0.15, 0.2) is 5.65 Å². The van der Waals surface area contributed by atoms with Crippen LogP contribution in [0.25, 0.3) is 5.65 Å². The third kappa shape index (κ3) is 2.24. The molecule has 2 aromatic heterocycles. The lowest BCUT2D eigenvalue weighted by Crippen LogP contribution is -2.33. The van der Waals surface area contributed by atoms with Crippen molar-refractivity contribution in [3.63, 3.8) is 0 Å². The molecular weight excluding hydrogens is 317 g/mol. The Hall–Kier alpha value is -2.47. The van der Waals surface area contributed by atoms with Crippen LogP contribution in [0.2, 0.25) is 0 Å². The van der Waals surface area contributed by atoms with Crippen LogP contribution in [0.15, 0.2) is 36.5 Å². The average molecular weight is 337 g/mol. The summed E-state index contributed by atoms with van der Waals surface area (Å²) in [7, 11) is 0. The molecular formula is C19H20FN5. The first-order valence-corrected chi connectivity index (χ1v) is 8.86. The van der Waals surface area contributed by atoms with Crippen LogP contribution >= 0.6 is 0 Å². The van der Waals surface area contributed by atoms with Gasteiger partial charge in [-0.25, -0.2) is 9.37 Å². The minimum absolute atomic E-state index is 0.00970. The summed E-state index contributed by atoms with van der Waals surface area (Å²) in [6, 6.07) is 8.79. The molecule has 1 fully saturated rings. The summed E-state index contributed by atoms with van der Waals surface area (Å²) in [6.07, 6.45) is 6.49. The van der Waals surface area contributed by atoms with E-state index in [1.165, 1.54) is 18.9 Å². The van der Waals surface area contributed by atoms with Crippen LogP contribution in [0.3, 0.4) is 0 Å². The molecule has 2 aliphatic rings. The quantitative estimate of drug-likeness (QED) is 0.769. The van der Waals surface area contributed by atoms with E-state index in [2.05, 4.69) is 15.7 Å². The molecule has 25 heavy (non-hydrogen) atoms. The van der Waals surface area contributed by atoms with Gasteiger partial charge in [-0.15, -0.1) is 0 Å². The normalized spacial score (nSPS) is 18.1. The van der Waals surface area contributed by atoms with E-state index in [9.17, 15) is 4.39 Å². The van der Waals surface area contributed by atoms with Crippen molar-refractivity contribution < 1.29 is 4.39 Å². The van der Waals surface area contributed by atoms with Gasteiger partial charge in [-0.3, -0.25) is 0 Å². The Bertz CT molecular complexity index is 942. The molecule has 1 aliphatic carbocycles. The van der Waals surface area contributed by atoms with Gasteiger partial charge in [-0.05, 0) is 18.9 Å². The maximum Gasteiger partial charge on any atom is 0.157 e. The van der Waals surface area contributed by atoms with Gasteiger partial charge in [0.2, 0.25) is 0 Å². The van der Waals surface area contributed by atoms with Gasteiger partial charge in [0.1, 0.15) is 11.6 Å². The number of aromatic nitrogens is 3. The molecule has 2 N–H and O–H groups in total. The van der Waals surface area contributed by atoms with Crippen LogP contribution in [0, 0.1) is 5.82 Å². The van der Waals surface area contributed by atoms with Gasteiger partial charge < -0.3 is 10.6 Å². The summed E-state index contributed by atoms with van der Waals surface area (Å²) in [6.45, 7) is 1.20. The lowest BCUT2D eigenvalue weighted by molar-refractivity contribution is 0.365. The monoisotopic (exact) mass is 337 g/mol. The molecule has 0 radical (unpaired) electrons. The van der Waals surface area contributed by atoms with Gasteiger partial charge in [-0.1, -0.05) is 31.0 Å². The number of anilines is 1. The Labute approximate surface area is 145 Å². The molecule has 1 saturated carbocycles. The molecule has 0 atom stereocenters. The molecule has 128 valence electrons. The molecule has 1 aromatic carbocycles. The van der Waals surface area contributed by atoms with E-state index in [0.717, 1.165) is 42.1 Å². The van der Waals surface area contributed by atoms with E-state index in [1.54, 1.807) is 18.3 Å². The van der Waals surface area contributed by atoms with E-state index in [0.29, 0.717) is 12.1 Å². The van der Waals surface area contributed by atoms with Crippen molar-refractivity contribution in [3.05, 3.63) is 59.2 Å². The first-order chi connectivity index (χ1) is 12.3. The third-order valence-electron chi connectivity index (χ3n) is 5.55. The van der Waals surface area contributed by atoms with Crippen molar-refractivity contribution in [2.75, 3.05) is 5.32 Å². The molecule has 1 aliphatic heterocycles. The van der Waals surface area contributed by atoms with Crippen LogP contribution in [-0.4, -0.2) is 14.6 Å². The molecule has 0 saturated heterocycles. The minimum Gasteiger partial charge on any atom is -0.365 e. The minimum atomic E-state index is -0.192. The Morgan fingerprint density at radius 1 is 1.20 bits per heavy atom. The number of nitrogens with zero attached hydrogens (tertiary/aromatic N) is 3. The molecule has 5 nitrogen and oxygen atoms in total. The second-order valence-electron chi connectivity index (χ2n) is 6.98. The highest BCUT2D eigenvalue weighted by Gasteiger charge is 2.43. The van der Waals surface area contributed by atoms with Crippen molar-refractivity contribution in [1.82, 2.24) is 19.9 Å². The largest absolute Gasteiger partial charge is 0.365 e. The molecule has 5 rings (SSSR count). The number of fused-ring (bicyclic) bond motifs is 3. The highest BCUT2D eigenvalue weighted by Crippen LogP contribution is 2.45. The zero-order chi connectivity index (χ0) is 16.9. The molecule has 3 heterocycles. The van der Waals surface area contributed by atoms with E-state index in [1.807, 2.05) is 16.6 Å². The third-order valence-corrected chi connectivity index (χ3v) is 5.55. The number of hydrogen-bond donors (Lipinski definition) is 2. The van der Waals surface area contributed by atoms with Crippen molar-refractivity contribution in [3.8, 4) is 0 Å². The number of rotatable bonds is 3. The molecule has 3 aromatic rings. The van der Waals surface area contributed by atoms with Gasteiger partial charge in [0.25, 0.3) is 0 Å². The summed E-state index contributed by atoms with van der Waals surface area (Å²) < 4.78 is 15.8. The first-order valence-electron chi connectivity index (χ1n) is 8.86. The standard InChI is InChI=1S/C19H20FN5/c20-15-6-2-1-5-13(15)11-21-18-14-12-22-19(8-3-4-9-19)17(14)24-16-7-10-23-25(16)18/h1-2,5-7,10,21-22H,3-4,8-9,11-12H2. The van der Waals surface area contributed by atoms with Gasteiger partial charge in [0.05, 0.1) is 17.4 Å². The fraction of sp³-hybridized carbons (Fsp3) is 0.368. The van der Waals surface area contributed by atoms with Gasteiger partial charge in [0, 0.05) is 30.3 Å². The zero-order valence-electron chi connectivity index (χ0n) is 13.9. The van der Waals surface area contributed by atoms with Gasteiger partial charge >= 0.3 is 0 Å². The zero-order valence-corrected chi connectivity index (χ0v) is 13.9. The highest BCUT2D eigenvalue weighted by molar-refractivity contribution is 5.58. The molecule has 1 spiro atoms. The summed E-state index contributed by atoms with van der Waals surface area (Å²) in [5.74, 6) is 0.729. The van der Waals surface area contributed by atoms with E-state index >= 15 is 0 Å². The highest BCUT2D eigenvalue weighted by atomic mass is 19.1. The summed E-state index contributed by atoms with van der Waals surface area (Å²) in [4.78, 5) is 4.91. The molecule has 0 unspecified atom stereocenters. The second-order valence-corrected chi connectivity index (χ2v) is 6.98. The maximum absolute atomic E-state index is 14.0. The topological polar surface area (TPSA) is 54.2 Å². The van der Waals surface area contributed by atoms with Crippen molar-refractivity contribution in [1.29, 1.82) is 0 Å². The summed E-state index contributed by atoms with van der Waals surface area (Å²) in [5.41, 5.74) is 3.80. The number of hydrogen-bond acceptors (Lipinski definition) is 4. The fourth-order valence-electron chi connectivity index (χ4n) is 4.27. The number of benzene rings is 1. The lowest BCUT2D eigenvalue weighted by Gasteiger charge is -2.24. The second kappa shape index (κ2) is 5.52. The Balaban J connectivity index is 1.58. The average Bonchev–Trinajstić information content (AvgIpc) is 3.35. The Morgan fingerprint density at radius 2 is 2.04 bits per heavy atom. The molecule has 0 bridgehead atoms. The first kappa shape index (κ1) is 14.8. The van der Waals surface area contributed by atoms with Gasteiger partial charge in [-0.2, -0.15) is 9.61 Å². The van der Waals surface area contributed by atoms with E-state index in [4.69, 9.17) is 4.98 Å². The van der Waals surface area contributed by atoms with Crippen LogP contribution in [0.4, 0.5) is 10.2 Å². The summed E-state index contributed by atoms with van der Waals surface area (Å²) >= 11 is 0. The Morgan fingerprint density at radius 3 is 2.88 bits per heavy atom.